The Labute approximate surface area is 146 Å². The standard InChI is InChI=1S/C18H20N4O3/c23-17(16-20-7-3-8-21-16)22-9-5-18(13-22)10-15(12-25-18)24-11-14-4-1-2-6-19-14/h1-4,6-8,15H,5,9-13H2/t15-,18+/m1/s1. The molecular formula is C18H20N4O3. The minimum Gasteiger partial charge on any atom is -0.370 e. The molecule has 2 aliphatic rings. The Morgan fingerprint density at radius 1 is 1.24 bits per heavy atom. The molecule has 2 aromatic heterocycles. The third kappa shape index (κ3) is 3.52. The lowest BCUT2D eigenvalue weighted by molar-refractivity contribution is -0.000168. The van der Waals surface area contributed by atoms with Crippen LogP contribution in [0, 0.1) is 0 Å². The topological polar surface area (TPSA) is 77.4 Å². The van der Waals surface area contributed by atoms with Gasteiger partial charge in [0.25, 0.3) is 5.91 Å². The van der Waals surface area contributed by atoms with Crippen molar-refractivity contribution in [3.8, 4) is 0 Å². The van der Waals surface area contributed by atoms with Crippen LogP contribution in [0.25, 0.3) is 0 Å². The van der Waals surface area contributed by atoms with Crippen molar-refractivity contribution in [1.82, 2.24) is 19.9 Å². The molecule has 1 spiro atoms. The number of pyridine rings is 1. The maximum atomic E-state index is 12.5. The fourth-order valence-corrected chi connectivity index (χ4v) is 3.45. The molecule has 0 bridgehead atoms. The lowest BCUT2D eigenvalue weighted by atomic mass is 9.98. The van der Waals surface area contributed by atoms with Gasteiger partial charge in [-0.2, -0.15) is 0 Å². The monoisotopic (exact) mass is 340 g/mol. The molecule has 2 atom stereocenters. The third-order valence-corrected chi connectivity index (χ3v) is 4.73. The van der Waals surface area contributed by atoms with Crippen LogP contribution >= 0.6 is 0 Å². The first-order valence-electron chi connectivity index (χ1n) is 8.46. The van der Waals surface area contributed by atoms with Gasteiger partial charge in [0.05, 0.1) is 37.2 Å². The minimum atomic E-state index is -0.306. The van der Waals surface area contributed by atoms with Crippen molar-refractivity contribution in [1.29, 1.82) is 0 Å². The van der Waals surface area contributed by atoms with E-state index in [0.717, 1.165) is 18.5 Å². The highest BCUT2D eigenvalue weighted by molar-refractivity contribution is 5.90. The molecule has 0 saturated carbocycles. The summed E-state index contributed by atoms with van der Waals surface area (Å²) in [4.78, 5) is 26.6. The summed E-state index contributed by atoms with van der Waals surface area (Å²) in [5.74, 6) is 0.0967. The van der Waals surface area contributed by atoms with E-state index in [1.165, 1.54) is 0 Å². The highest BCUT2D eigenvalue weighted by atomic mass is 16.6. The molecule has 0 aliphatic carbocycles. The first-order valence-corrected chi connectivity index (χ1v) is 8.46. The van der Waals surface area contributed by atoms with Crippen molar-refractivity contribution in [3.05, 3.63) is 54.4 Å². The van der Waals surface area contributed by atoms with Gasteiger partial charge in [-0.15, -0.1) is 0 Å². The summed E-state index contributed by atoms with van der Waals surface area (Å²) in [6.07, 6.45) is 6.57. The van der Waals surface area contributed by atoms with E-state index in [1.807, 2.05) is 18.2 Å². The van der Waals surface area contributed by atoms with E-state index in [0.29, 0.717) is 26.3 Å². The molecule has 2 aliphatic heterocycles. The van der Waals surface area contributed by atoms with Crippen LogP contribution in [0.15, 0.2) is 42.9 Å². The van der Waals surface area contributed by atoms with Crippen LogP contribution in [0.5, 0.6) is 0 Å². The summed E-state index contributed by atoms with van der Waals surface area (Å²) in [5, 5.41) is 0. The second-order valence-electron chi connectivity index (χ2n) is 6.50. The van der Waals surface area contributed by atoms with E-state index in [2.05, 4.69) is 15.0 Å². The van der Waals surface area contributed by atoms with E-state index in [1.54, 1.807) is 29.6 Å². The summed E-state index contributed by atoms with van der Waals surface area (Å²) < 4.78 is 12.0. The predicted molar refractivity (Wildman–Crippen MR) is 88.7 cm³/mol. The van der Waals surface area contributed by atoms with E-state index < -0.39 is 0 Å². The first kappa shape index (κ1) is 16.1. The number of ether oxygens (including phenoxy) is 2. The average Bonchev–Trinajstić information content (AvgIpc) is 3.28. The van der Waals surface area contributed by atoms with Gasteiger partial charge < -0.3 is 14.4 Å². The van der Waals surface area contributed by atoms with Crippen molar-refractivity contribution >= 4 is 5.91 Å². The summed E-state index contributed by atoms with van der Waals surface area (Å²) in [7, 11) is 0. The largest absolute Gasteiger partial charge is 0.370 e. The number of nitrogens with zero attached hydrogens (tertiary/aromatic N) is 4. The van der Waals surface area contributed by atoms with Crippen LogP contribution in [0.1, 0.15) is 29.2 Å². The maximum absolute atomic E-state index is 12.5. The fraction of sp³-hybridized carbons (Fsp3) is 0.444. The van der Waals surface area contributed by atoms with Crippen LogP contribution in [-0.2, 0) is 16.1 Å². The second kappa shape index (κ2) is 6.85. The lowest BCUT2D eigenvalue weighted by Gasteiger charge is -2.23. The normalized spacial score (nSPS) is 25.6. The Bertz CT molecular complexity index is 728. The van der Waals surface area contributed by atoms with Gasteiger partial charge in [0.2, 0.25) is 5.82 Å². The van der Waals surface area contributed by atoms with Gasteiger partial charge in [0, 0.05) is 31.6 Å². The number of carbonyl (C=O) groups excluding carboxylic acids is 1. The van der Waals surface area contributed by atoms with Crippen molar-refractivity contribution in [2.45, 2.75) is 31.2 Å². The molecule has 4 heterocycles. The molecule has 2 aromatic rings. The molecular weight excluding hydrogens is 320 g/mol. The summed E-state index contributed by atoms with van der Waals surface area (Å²) >= 11 is 0. The highest BCUT2D eigenvalue weighted by Gasteiger charge is 2.47. The predicted octanol–water partition coefficient (Wildman–Crippen LogP) is 1.46. The molecule has 0 N–H and O–H groups in total. The minimum absolute atomic E-state index is 0.0324. The van der Waals surface area contributed by atoms with Gasteiger partial charge in [-0.25, -0.2) is 9.97 Å². The molecule has 1 amide bonds. The van der Waals surface area contributed by atoms with Crippen LogP contribution in [-0.4, -0.2) is 57.2 Å². The molecule has 2 saturated heterocycles. The Hall–Kier alpha value is -2.38. The van der Waals surface area contributed by atoms with Crippen molar-refractivity contribution < 1.29 is 14.3 Å². The zero-order valence-electron chi connectivity index (χ0n) is 13.9. The van der Waals surface area contributed by atoms with E-state index in [-0.39, 0.29) is 23.4 Å². The number of carbonyl (C=O) groups is 1. The van der Waals surface area contributed by atoms with E-state index >= 15 is 0 Å². The Morgan fingerprint density at radius 2 is 2.08 bits per heavy atom. The zero-order valence-corrected chi connectivity index (χ0v) is 13.9. The second-order valence-corrected chi connectivity index (χ2v) is 6.50. The molecule has 0 aromatic carbocycles. The van der Waals surface area contributed by atoms with Crippen LogP contribution < -0.4 is 0 Å². The third-order valence-electron chi connectivity index (χ3n) is 4.73. The SMILES string of the molecule is O=C(c1ncccn1)N1CC[C@]2(C[C@@H](OCc3ccccn3)CO2)C1. The lowest BCUT2D eigenvalue weighted by Crippen LogP contribution is -2.36. The zero-order chi connectivity index (χ0) is 17.1. The molecule has 0 radical (unpaired) electrons. The number of hydrogen-bond acceptors (Lipinski definition) is 6. The molecule has 130 valence electrons. The summed E-state index contributed by atoms with van der Waals surface area (Å²) in [5.41, 5.74) is 0.604. The van der Waals surface area contributed by atoms with Crippen molar-refractivity contribution in [3.63, 3.8) is 0 Å². The Kier molecular flexibility index (Phi) is 4.42. The summed E-state index contributed by atoms with van der Waals surface area (Å²) in [6.45, 7) is 2.25. The van der Waals surface area contributed by atoms with Gasteiger partial charge in [0.15, 0.2) is 0 Å². The van der Waals surface area contributed by atoms with E-state index in [9.17, 15) is 4.79 Å². The molecule has 7 nitrogen and oxygen atoms in total. The smallest absolute Gasteiger partial charge is 0.291 e. The first-order chi connectivity index (χ1) is 12.2. The fourth-order valence-electron chi connectivity index (χ4n) is 3.45. The van der Waals surface area contributed by atoms with Gasteiger partial charge in [0.1, 0.15) is 0 Å². The number of rotatable bonds is 4. The maximum Gasteiger partial charge on any atom is 0.291 e. The van der Waals surface area contributed by atoms with Gasteiger partial charge >= 0.3 is 0 Å². The van der Waals surface area contributed by atoms with Gasteiger partial charge in [-0.1, -0.05) is 6.07 Å². The molecule has 4 rings (SSSR count). The summed E-state index contributed by atoms with van der Waals surface area (Å²) in [6, 6.07) is 7.48. The van der Waals surface area contributed by atoms with Gasteiger partial charge in [-0.3, -0.25) is 9.78 Å². The number of likely N-dealkylation sites (tertiary alicyclic amines) is 1. The van der Waals surface area contributed by atoms with Crippen LogP contribution in [0.3, 0.4) is 0 Å². The Morgan fingerprint density at radius 3 is 2.88 bits per heavy atom. The van der Waals surface area contributed by atoms with Crippen LogP contribution in [0.2, 0.25) is 0 Å². The molecule has 2 fully saturated rings. The van der Waals surface area contributed by atoms with E-state index in [4.69, 9.17) is 9.47 Å². The average molecular weight is 340 g/mol. The number of aromatic nitrogens is 3. The number of amides is 1. The van der Waals surface area contributed by atoms with Gasteiger partial charge in [-0.05, 0) is 24.6 Å². The highest BCUT2D eigenvalue weighted by Crippen LogP contribution is 2.36. The van der Waals surface area contributed by atoms with Crippen molar-refractivity contribution in [2.24, 2.45) is 0 Å². The Balaban J connectivity index is 1.33. The number of hydrogen-bond donors (Lipinski definition) is 0. The molecule has 25 heavy (non-hydrogen) atoms. The van der Waals surface area contributed by atoms with Crippen LogP contribution in [0.4, 0.5) is 0 Å². The molecule has 0 unspecified atom stereocenters. The molecule has 7 heteroatoms. The van der Waals surface area contributed by atoms with Crippen molar-refractivity contribution in [2.75, 3.05) is 19.7 Å². The quantitative estimate of drug-likeness (QED) is 0.839.